The van der Waals surface area contributed by atoms with Gasteiger partial charge in [-0.05, 0) is 30.7 Å². The van der Waals surface area contributed by atoms with E-state index in [0.717, 1.165) is 11.1 Å². The minimum absolute atomic E-state index is 0.165. The van der Waals surface area contributed by atoms with Crippen molar-refractivity contribution in [1.82, 2.24) is 0 Å². The van der Waals surface area contributed by atoms with Crippen molar-refractivity contribution in [3.8, 4) is 5.75 Å². The molecular formula is C18H16O4. The topological polar surface area (TPSA) is 63.6 Å². The zero-order chi connectivity index (χ0) is 15.9. The van der Waals surface area contributed by atoms with E-state index >= 15 is 0 Å². The fourth-order valence-electron chi connectivity index (χ4n) is 1.93. The summed E-state index contributed by atoms with van der Waals surface area (Å²) < 4.78 is 5.06. The van der Waals surface area contributed by atoms with Crippen molar-refractivity contribution in [2.75, 3.05) is 6.61 Å². The van der Waals surface area contributed by atoms with Gasteiger partial charge in [0.1, 0.15) is 5.75 Å². The highest BCUT2D eigenvalue weighted by Crippen LogP contribution is 2.15. The quantitative estimate of drug-likeness (QED) is 0.656. The fourth-order valence-corrected chi connectivity index (χ4v) is 1.93. The molecule has 0 bridgehead atoms. The summed E-state index contributed by atoms with van der Waals surface area (Å²) in [4.78, 5) is 22.6. The maximum Gasteiger partial charge on any atom is 0.341 e. The summed E-state index contributed by atoms with van der Waals surface area (Å²) in [5, 5.41) is 8.58. The molecular weight excluding hydrogens is 280 g/mol. The standard InChI is InChI=1S/C18H16O4/c1-13-4-2-5-14(10-13)8-9-17(19)15-6-3-7-16(11-15)22-12-18(20)21/h2-11H,12H2,1H3,(H,20,21)/b9-8+. The number of carboxylic acids is 1. The van der Waals surface area contributed by atoms with E-state index in [1.807, 2.05) is 31.2 Å². The van der Waals surface area contributed by atoms with Gasteiger partial charge in [-0.25, -0.2) is 4.79 Å². The van der Waals surface area contributed by atoms with E-state index in [4.69, 9.17) is 9.84 Å². The van der Waals surface area contributed by atoms with Gasteiger partial charge in [0, 0.05) is 5.56 Å². The average molecular weight is 296 g/mol. The number of aryl methyl sites for hydroxylation is 1. The maximum atomic E-state index is 12.1. The first kappa shape index (κ1) is 15.5. The Morgan fingerprint density at radius 1 is 1.14 bits per heavy atom. The summed E-state index contributed by atoms with van der Waals surface area (Å²) in [7, 11) is 0. The summed E-state index contributed by atoms with van der Waals surface area (Å²) in [5.41, 5.74) is 2.53. The van der Waals surface area contributed by atoms with Crippen LogP contribution < -0.4 is 4.74 Å². The van der Waals surface area contributed by atoms with Crippen LogP contribution in [0.4, 0.5) is 0 Å². The van der Waals surface area contributed by atoms with Crippen molar-refractivity contribution in [2.45, 2.75) is 6.92 Å². The second-order valence-electron chi connectivity index (χ2n) is 4.82. The number of allylic oxidation sites excluding steroid dienone is 1. The molecule has 0 atom stereocenters. The molecule has 112 valence electrons. The van der Waals surface area contributed by atoms with Gasteiger partial charge in [0.15, 0.2) is 12.4 Å². The highest BCUT2D eigenvalue weighted by atomic mass is 16.5. The minimum atomic E-state index is -1.06. The Kier molecular flexibility index (Phi) is 5.09. The van der Waals surface area contributed by atoms with Crippen LogP contribution in [0.15, 0.2) is 54.6 Å². The van der Waals surface area contributed by atoms with Crippen molar-refractivity contribution in [1.29, 1.82) is 0 Å². The Morgan fingerprint density at radius 3 is 2.64 bits per heavy atom. The second kappa shape index (κ2) is 7.22. The molecule has 0 unspecified atom stereocenters. The molecule has 4 heteroatoms. The first-order valence-corrected chi connectivity index (χ1v) is 6.78. The summed E-state index contributed by atoms with van der Waals surface area (Å²) in [6.45, 7) is 1.55. The number of aliphatic carboxylic acids is 1. The van der Waals surface area contributed by atoms with Gasteiger partial charge in [-0.15, -0.1) is 0 Å². The molecule has 0 radical (unpaired) electrons. The van der Waals surface area contributed by atoms with Crippen LogP contribution in [0.25, 0.3) is 6.08 Å². The molecule has 4 nitrogen and oxygen atoms in total. The molecule has 0 saturated carbocycles. The molecule has 0 saturated heterocycles. The van der Waals surface area contributed by atoms with Crippen molar-refractivity contribution in [2.24, 2.45) is 0 Å². The van der Waals surface area contributed by atoms with E-state index in [-0.39, 0.29) is 5.78 Å². The highest BCUT2D eigenvalue weighted by Gasteiger charge is 2.05. The Bertz CT molecular complexity index is 717. The molecule has 0 heterocycles. The van der Waals surface area contributed by atoms with Gasteiger partial charge >= 0.3 is 5.97 Å². The zero-order valence-electron chi connectivity index (χ0n) is 12.2. The Balaban J connectivity index is 2.09. The van der Waals surface area contributed by atoms with E-state index < -0.39 is 12.6 Å². The maximum absolute atomic E-state index is 12.1. The largest absolute Gasteiger partial charge is 0.482 e. The lowest BCUT2D eigenvalue weighted by Crippen LogP contribution is -2.09. The third kappa shape index (κ3) is 4.59. The van der Waals surface area contributed by atoms with Crippen molar-refractivity contribution in [3.05, 3.63) is 71.3 Å². The molecule has 0 aliphatic carbocycles. The van der Waals surface area contributed by atoms with Gasteiger partial charge in [-0.2, -0.15) is 0 Å². The number of benzene rings is 2. The van der Waals surface area contributed by atoms with Gasteiger partial charge in [-0.1, -0.05) is 48.0 Å². The summed E-state index contributed by atoms with van der Waals surface area (Å²) >= 11 is 0. The van der Waals surface area contributed by atoms with Gasteiger partial charge in [-0.3, -0.25) is 4.79 Å². The number of carbonyl (C=O) groups is 2. The third-order valence-corrected chi connectivity index (χ3v) is 2.95. The van der Waals surface area contributed by atoms with Crippen LogP contribution in [0.1, 0.15) is 21.5 Å². The zero-order valence-corrected chi connectivity index (χ0v) is 12.2. The molecule has 2 rings (SSSR count). The molecule has 2 aromatic rings. The number of ether oxygens (including phenoxy) is 1. The summed E-state index contributed by atoms with van der Waals surface area (Å²) in [5.74, 6) is -0.865. The van der Waals surface area contributed by atoms with Crippen LogP contribution in [0.2, 0.25) is 0 Å². The monoisotopic (exact) mass is 296 g/mol. The molecule has 0 aliphatic heterocycles. The number of hydrogen-bond acceptors (Lipinski definition) is 3. The predicted molar refractivity (Wildman–Crippen MR) is 84.1 cm³/mol. The van der Waals surface area contributed by atoms with Crippen LogP contribution >= 0.6 is 0 Å². The van der Waals surface area contributed by atoms with Gasteiger partial charge < -0.3 is 9.84 Å². The molecule has 1 N–H and O–H groups in total. The van der Waals surface area contributed by atoms with Gasteiger partial charge in [0.05, 0.1) is 0 Å². The Labute approximate surface area is 128 Å². The molecule has 0 aromatic heterocycles. The van der Waals surface area contributed by atoms with E-state index in [1.165, 1.54) is 12.1 Å². The molecule has 0 spiro atoms. The Morgan fingerprint density at radius 2 is 1.91 bits per heavy atom. The lowest BCUT2D eigenvalue weighted by atomic mass is 10.1. The van der Waals surface area contributed by atoms with Crippen LogP contribution in [-0.4, -0.2) is 23.5 Å². The highest BCUT2D eigenvalue weighted by molar-refractivity contribution is 6.07. The van der Waals surface area contributed by atoms with E-state index in [1.54, 1.807) is 24.3 Å². The molecule has 22 heavy (non-hydrogen) atoms. The first-order chi connectivity index (χ1) is 10.5. The third-order valence-electron chi connectivity index (χ3n) is 2.95. The van der Waals surface area contributed by atoms with E-state index in [0.29, 0.717) is 11.3 Å². The molecule has 0 aliphatic rings. The van der Waals surface area contributed by atoms with Gasteiger partial charge in [0.2, 0.25) is 0 Å². The fraction of sp³-hybridized carbons (Fsp3) is 0.111. The smallest absolute Gasteiger partial charge is 0.341 e. The average Bonchev–Trinajstić information content (AvgIpc) is 2.51. The summed E-state index contributed by atoms with van der Waals surface area (Å²) in [6.07, 6.45) is 3.24. The summed E-state index contributed by atoms with van der Waals surface area (Å²) in [6, 6.07) is 14.3. The SMILES string of the molecule is Cc1cccc(/C=C/C(=O)c2cccc(OCC(=O)O)c2)c1. The van der Waals surface area contributed by atoms with Crippen molar-refractivity contribution in [3.63, 3.8) is 0 Å². The van der Waals surface area contributed by atoms with Crippen LogP contribution in [0, 0.1) is 6.92 Å². The molecule has 0 amide bonds. The Hall–Kier alpha value is -2.88. The number of rotatable bonds is 6. The lowest BCUT2D eigenvalue weighted by molar-refractivity contribution is -0.139. The van der Waals surface area contributed by atoms with E-state index in [2.05, 4.69) is 0 Å². The van der Waals surface area contributed by atoms with E-state index in [9.17, 15) is 9.59 Å². The van der Waals surface area contributed by atoms with Gasteiger partial charge in [0.25, 0.3) is 0 Å². The predicted octanol–water partition coefficient (Wildman–Crippen LogP) is 3.35. The van der Waals surface area contributed by atoms with Crippen molar-refractivity contribution < 1.29 is 19.4 Å². The number of ketones is 1. The number of carboxylic acid groups (broad SMARTS) is 1. The first-order valence-electron chi connectivity index (χ1n) is 6.78. The van der Waals surface area contributed by atoms with Crippen LogP contribution in [-0.2, 0) is 4.79 Å². The van der Waals surface area contributed by atoms with Crippen LogP contribution in [0.5, 0.6) is 5.75 Å². The lowest BCUT2D eigenvalue weighted by Gasteiger charge is -2.04. The second-order valence-corrected chi connectivity index (χ2v) is 4.82. The number of carbonyl (C=O) groups excluding carboxylic acids is 1. The van der Waals surface area contributed by atoms with Crippen molar-refractivity contribution >= 4 is 17.8 Å². The number of hydrogen-bond donors (Lipinski definition) is 1. The minimum Gasteiger partial charge on any atom is -0.482 e. The normalized spacial score (nSPS) is 10.6. The molecule has 0 fully saturated rings. The van der Waals surface area contributed by atoms with Crippen LogP contribution in [0.3, 0.4) is 0 Å². The molecule has 2 aromatic carbocycles.